The summed E-state index contributed by atoms with van der Waals surface area (Å²) in [6, 6.07) is 0.678. The Kier molecular flexibility index (Phi) is 9.09. The van der Waals surface area contributed by atoms with Crippen LogP contribution in [-0.2, 0) is 0 Å². The second-order valence-electron chi connectivity index (χ2n) is 7.70. The Morgan fingerprint density at radius 2 is 1.91 bits per heavy atom. The lowest BCUT2D eigenvalue weighted by Gasteiger charge is -2.37. The third kappa shape index (κ3) is 5.71. The van der Waals surface area contributed by atoms with Crippen molar-refractivity contribution in [2.75, 3.05) is 14.1 Å². The average molecular weight is 338 g/mol. The molecule has 5 unspecified atom stereocenters. The minimum atomic E-state index is 0.670. The Hall–Kier alpha value is -0.130. The van der Waals surface area contributed by atoms with E-state index in [1.807, 2.05) is 0 Å². The maximum atomic E-state index is 2.51. The molecule has 5 atom stereocenters. The summed E-state index contributed by atoms with van der Waals surface area (Å²) in [5, 5.41) is 0. The van der Waals surface area contributed by atoms with Crippen LogP contribution in [0.3, 0.4) is 0 Å². The summed E-state index contributed by atoms with van der Waals surface area (Å²) in [6.07, 6.45) is 8.91. The molecule has 0 fully saturated rings. The fourth-order valence-corrected chi connectivity index (χ4v) is 6.17. The first-order chi connectivity index (χ1) is 10.8. The molecule has 0 N–H and O–H groups in total. The van der Waals surface area contributed by atoms with Crippen molar-refractivity contribution in [3.8, 4) is 0 Å². The summed E-state index contributed by atoms with van der Waals surface area (Å²) in [7, 11) is 5.57. The lowest BCUT2D eigenvalue weighted by molar-refractivity contribution is 0.220. The van der Waals surface area contributed by atoms with Gasteiger partial charge in [0.1, 0.15) is 0 Å². The SMILES string of the molecule is CCCCC(C(C)/C1=C(\C)C/C=C(\C)C(CC)PC1C)N(C)C. The van der Waals surface area contributed by atoms with E-state index in [2.05, 4.69) is 66.6 Å². The zero-order chi connectivity index (χ0) is 17.6. The van der Waals surface area contributed by atoms with Crippen molar-refractivity contribution in [1.29, 1.82) is 0 Å². The van der Waals surface area contributed by atoms with Crippen molar-refractivity contribution in [1.82, 2.24) is 4.90 Å². The van der Waals surface area contributed by atoms with E-state index < -0.39 is 0 Å². The molecule has 0 saturated carbocycles. The van der Waals surface area contributed by atoms with Crippen LogP contribution in [0.1, 0.15) is 73.6 Å². The van der Waals surface area contributed by atoms with Gasteiger partial charge in [0.05, 0.1) is 0 Å². The molecular formula is C21H40NP. The van der Waals surface area contributed by atoms with Crippen molar-refractivity contribution in [3.63, 3.8) is 0 Å². The van der Waals surface area contributed by atoms with Crippen molar-refractivity contribution in [3.05, 3.63) is 22.8 Å². The molecule has 1 aliphatic rings. The van der Waals surface area contributed by atoms with Crippen LogP contribution < -0.4 is 0 Å². The third-order valence-corrected chi connectivity index (χ3v) is 7.76. The number of unbranched alkanes of at least 4 members (excludes halogenated alkanes) is 1. The molecule has 0 aromatic rings. The maximum Gasteiger partial charge on any atom is 0.0152 e. The minimum Gasteiger partial charge on any atom is -0.306 e. The molecule has 0 amide bonds. The van der Waals surface area contributed by atoms with Crippen LogP contribution in [0.15, 0.2) is 22.8 Å². The normalized spacial score (nSPS) is 32.3. The van der Waals surface area contributed by atoms with Gasteiger partial charge in [0, 0.05) is 6.04 Å². The van der Waals surface area contributed by atoms with Crippen LogP contribution in [0.4, 0.5) is 0 Å². The number of rotatable bonds is 7. The van der Waals surface area contributed by atoms with Gasteiger partial charge in [-0.15, -0.1) is 8.58 Å². The zero-order valence-corrected chi connectivity index (χ0v) is 17.9. The van der Waals surface area contributed by atoms with E-state index in [1.165, 1.54) is 25.7 Å². The van der Waals surface area contributed by atoms with Crippen molar-refractivity contribution < 1.29 is 0 Å². The van der Waals surface area contributed by atoms with Gasteiger partial charge in [0.15, 0.2) is 0 Å². The van der Waals surface area contributed by atoms with Gasteiger partial charge in [-0.25, -0.2) is 0 Å². The molecule has 1 rings (SSSR count). The number of hydrogen-bond donors (Lipinski definition) is 0. The van der Waals surface area contributed by atoms with E-state index in [1.54, 1.807) is 16.7 Å². The molecule has 0 aromatic heterocycles. The molecule has 0 saturated heterocycles. The van der Waals surface area contributed by atoms with Gasteiger partial charge in [-0.05, 0) is 64.4 Å². The van der Waals surface area contributed by atoms with Crippen LogP contribution in [0.5, 0.6) is 0 Å². The van der Waals surface area contributed by atoms with Crippen molar-refractivity contribution >= 4 is 8.58 Å². The van der Waals surface area contributed by atoms with Crippen LogP contribution in [0.2, 0.25) is 0 Å². The standard InChI is InChI=1S/C21H40NP/c1-9-11-12-19(22(7)8)17(5)21-16(4)14-13-15(3)20(10-2)23-18(21)6/h13,17-20,23H,9-12,14H2,1-8H3/b15-13+,21-16-. The zero-order valence-electron chi connectivity index (χ0n) is 16.9. The van der Waals surface area contributed by atoms with E-state index in [9.17, 15) is 0 Å². The Morgan fingerprint density at radius 3 is 2.43 bits per heavy atom. The molecule has 0 spiro atoms. The summed E-state index contributed by atoms with van der Waals surface area (Å²) < 4.78 is 0. The second-order valence-corrected chi connectivity index (χ2v) is 9.60. The first kappa shape index (κ1) is 20.9. The van der Waals surface area contributed by atoms with Crippen molar-refractivity contribution in [2.45, 2.75) is 91.0 Å². The average Bonchev–Trinajstić information content (AvgIpc) is 2.49. The molecule has 23 heavy (non-hydrogen) atoms. The Balaban J connectivity index is 3.08. The van der Waals surface area contributed by atoms with Crippen molar-refractivity contribution in [2.24, 2.45) is 5.92 Å². The monoisotopic (exact) mass is 337 g/mol. The summed E-state index contributed by atoms with van der Waals surface area (Å²) in [4.78, 5) is 2.47. The van der Waals surface area contributed by atoms with Crippen LogP contribution in [0.25, 0.3) is 0 Å². The Bertz CT molecular complexity index is 422. The predicted molar refractivity (Wildman–Crippen MR) is 109 cm³/mol. The van der Waals surface area contributed by atoms with E-state index in [0.717, 1.165) is 26.3 Å². The highest BCUT2D eigenvalue weighted by Gasteiger charge is 2.29. The number of allylic oxidation sites excluding steroid dienone is 3. The fraction of sp³-hybridized carbons (Fsp3) is 0.810. The molecule has 1 nitrogen and oxygen atoms in total. The lowest BCUT2D eigenvalue weighted by Crippen LogP contribution is -2.37. The van der Waals surface area contributed by atoms with Gasteiger partial charge >= 0.3 is 0 Å². The summed E-state index contributed by atoms with van der Waals surface area (Å²) in [5.74, 6) is 0.670. The van der Waals surface area contributed by atoms with E-state index in [0.29, 0.717) is 12.0 Å². The number of hydrogen-bond acceptors (Lipinski definition) is 1. The van der Waals surface area contributed by atoms with Crippen LogP contribution in [0, 0.1) is 5.92 Å². The smallest absolute Gasteiger partial charge is 0.0152 e. The predicted octanol–water partition coefficient (Wildman–Crippen LogP) is 6.26. The molecule has 1 aliphatic heterocycles. The van der Waals surface area contributed by atoms with Gasteiger partial charge in [0.2, 0.25) is 0 Å². The largest absolute Gasteiger partial charge is 0.306 e. The van der Waals surface area contributed by atoms with E-state index >= 15 is 0 Å². The Morgan fingerprint density at radius 1 is 1.26 bits per heavy atom. The summed E-state index contributed by atoms with van der Waals surface area (Å²) in [5.41, 5.74) is 6.56. The molecular weight excluding hydrogens is 297 g/mol. The topological polar surface area (TPSA) is 3.24 Å². The first-order valence-corrected chi connectivity index (χ1v) is 10.8. The molecule has 0 aliphatic carbocycles. The lowest BCUT2D eigenvalue weighted by atomic mass is 9.84. The third-order valence-electron chi connectivity index (χ3n) is 5.68. The summed E-state index contributed by atoms with van der Waals surface area (Å²) >= 11 is 0. The van der Waals surface area contributed by atoms with Crippen LogP contribution in [-0.4, -0.2) is 36.4 Å². The minimum absolute atomic E-state index is 0.670. The van der Waals surface area contributed by atoms with Gasteiger partial charge in [-0.2, -0.15) is 0 Å². The molecule has 134 valence electrons. The quantitative estimate of drug-likeness (QED) is 0.392. The molecule has 0 radical (unpaired) electrons. The number of nitrogens with zero attached hydrogens (tertiary/aromatic N) is 1. The fourth-order valence-electron chi connectivity index (χ4n) is 4.27. The highest BCUT2D eigenvalue weighted by molar-refractivity contribution is 7.40. The van der Waals surface area contributed by atoms with E-state index in [4.69, 9.17) is 0 Å². The maximum absolute atomic E-state index is 2.51. The Labute approximate surface area is 147 Å². The second kappa shape index (κ2) is 10.00. The van der Waals surface area contributed by atoms with Gasteiger partial charge in [-0.1, -0.05) is 63.3 Å². The molecule has 0 aromatic carbocycles. The van der Waals surface area contributed by atoms with Gasteiger partial charge in [-0.3, -0.25) is 0 Å². The highest BCUT2D eigenvalue weighted by Crippen LogP contribution is 2.43. The first-order valence-electron chi connectivity index (χ1n) is 9.62. The molecule has 0 bridgehead atoms. The highest BCUT2D eigenvalue weighted by atomic mass is 31.1. The molecule has 1 heterocycles. The molecule has 2 heteroatoms. The van der Waals surface area contributed by atoms with Gasteiger partial charge < -0.3 is 4.90 Å². The van der Waals surface area contributed by atoms with Crippen LogP contribution >= 0.6 is 8.58 Å². The van der Waals surface area contributed by atoms with Gasteiger partial charge in [0.25, 0.3) is 0 Å². The summed E-state index contributed by atoms with van der Waals surface area (Å²) in [6.45, 7) is 14.4. The van der Waals surface area contributed by atoms with E-state index in [-0.39, 0.29) is 0 Å².